The van der Waals surface area contributed by atoms with Crippen LogP contribution in [-0.4, -0.2) is 13.2 Å². The zero-order valence-electron chi connectivity index (χ0n) is 7.29. The van der Waals surface area contributed by atoms with Crippen LogP contribution in [0.15, 0.2) is 34.8 Å². The van der Waals surface area contributed by atoms with Gasteiger partial charge >= 0.3 is 0 Å². The summed E-state index contributed by atoms with van der Waals surface area (Å²) in [5.41, 5.74) is 2.71. The molecular weight excluding hydrogens is 228 g/mol. The first-order valence-corrected chi connectivity index (χ1v) is 5.18. The Labute approximate surface area is 86.5 Å². The van der Waals surface area contributed by atoms with Crippen molar-refractivity contribution in [3.63, 3.8) is 0 Å². The Morgan fingerprint density at radius 3 is 2.54 bits per heavy atom. The molecule has 1 aromatic rings. The number of hydrogen-bond acceptors (Lipinski definition) is 1. The molecular formula is C11H11BrO. The van der Waals surface area contributed by atoms with E-state index in [0.29, 0.717) is 0 Å². The van der Waals surface area contributed by atoms with Crippen LogP contribution in [0, 0.1) is 0 Å². The first kappa shape index (κ1) is 8.97. The third-order valence-electron chi connectivity index (χ3n) is 2.18. The zero-order chi connectivity index (χ0) is 9.10. The molecule has 0 aliphatic carbocycles. The number of benzene rings is 1. The van der Waals surface area contributed by atoms with Gasteiger partial charge in [0.25, 0.3) is 0 Å². The van der Waals surface area contributed by atoms with Gasteiger partial charge in [0.2, 0.25) is 0 Å². The summed E-state index contributed by atoms with van der Waals surface area (Å²) in [6, 6.07) is 8.43. The van der Waals surface area contributed by atoms with Crippen molar-refractivity contribution in [2.45, 2.75) is 6.42 Å². The van der Waals surface area contributed by atoms with E-state index >= 15 is 0 Å². The van der Waals surface area contributed by atoms with Gasteiger partial charge in [-0.25, -0.2) is 0 Å². The van der Waals surface area contributed by atoms with Crippen molar-refractivity contribution in [1.82, 2.24) is 0 Å². The molecule has 1 aromatic carbocycles. The maximum absolute atomic E-state index is 5.26. The number of hydrogen-bond donors (Lipinski definition) is 0. The van der Waals surface area contributed by atoms with Gasteiger partial charge in [0.05, 0.1) is 13.2 Å². The molecule has 0 saturated heterocycles. The van der Waals surface area contributed by atoms with Crippen LogP contribution in [0.2, 0.25) is 0 Å². The molecule has 0 atom stereocenters. The van der Waals surface area contributed by atoms with Crippen molar-refractivity contribution in [1.29, 1.82) is 0 Å². The van der Waals surface area contributed by atoms with Gasteiger partial charge in [0.1, 0.15) is 0 Å². The SMILES string of the molecule is Brc1ccc(C2=CCOCC2)cc1. The Hall–Kier alpha value is -0.600. The molecule has 0 bridgehead atoms. The topological polar surface area (TPSA) is 9.23 Å². The molecule has 2 rings (SSSR count). The Balaban J connectivity index is 2.24. The predicted molar refractivity (Wildman–Crippen MR) is 57.6 cm³/mol. The van der Waals surface area contributed by atoms with Crippen LogP contribution in [0.25, 0.3) is 5.57 Å². The van der Waals surface area contributed by atoms with E-state index < -0.39 is 0 Å². The van der Waals surface area contributed by atoms with Gasteiger partial charge in [0.15, 0.2) is 0 Å². The average Bonchev–Trinajstić information content (AvgIpc) is 2.20. The fourth-order valence-electron chi connectivity index (χ4n) is 1.45. The lowest BCUT2D eigenvalue weighted by atomic mass is 10.0. The van der Waals surface area contributed by atoms with E-state index in [1.54, 1.807) is 0 Å². The lowest BCUT2D eigenvalue weighted by Crippen LogP contribution is -2.03. The van der Waals surface area contributed by atoms with Crippen LogP contribution >= 0.6 is 15.9 Å². The minimum Gasteiger partial charge on any atom is -0.377 e. The summed E-state index contributed by atoms with van der Waals surface area (Å²) in [4.78, 5) is 0. The van der Waals surface area contributed by atoms with Crippen molar-refractivity contribution in [2.24, 2.45) is 0 Å². The fourth-order valence-corrected chi connectivity index (χ4v) is 1.72. The average molecular weight is 239 g/mol. The second kappa shape index (κ2) is 4.07. The minimum atomic E-state index is 0.755. The molecule has 0 spiro atoms. The maximum Gasteiger partial charge on any atom is 0.0653 e. The molecule has 0 radical (unpaired) electrons. The van der Waals surface area contributed by atoms with Crippen LogP contribution < -0.4 is 0 Å². The maximum atomic E-state index is 5.26. The Kier molecular flexibility index (Phi) is 2.81. The fraction of sp³-hybridized carbons (Fsp3) is 0.273. The van der Waals surface area contributed by atoms with Crippen molar-refractivity contribution in [3.8, 4) is 0 Å². The molecule has 1 aliphatic rings. The van der Waals surface area contributed by atoms with E-state index in [-0.39, 0.29) is 0 Å². The highest BCUT2D eigenvalue weighted by Gasteiger charge is 2.05. The summed E-state index contributed by atoms with van der Waals surface area (Å²) in [5, 5.41) is 0. The molecule has 1 aliphatic heterocycles. The van der Waals surface area contributed by atoms with Gasteiger partial charge in [-0.1, -0.05) is 34.1 Å². The number of ether oxygens (including phenoxy) is 1. The summed E-state index contributed by atoms with van der Waals surface area (Å²) in [5.74, 6) is 0. The van der Waals surface area contributed by atoms with Gasteiger partial charge in [-0.2, -0.15) is 0 Å². The molecule has 13 heavy (non-hydrogen) atoms. The largest absolute Gasteiger partial charge is 0.377 e. The van der Waals surface area contributed by atoms with E-state index in [1.165, 1.54) is 11.1 Å². The van der Waals surface area contributed by atoms with Gasteiger partial charge in [-0.05, 0) is 29.7 Å². The summed E-state index contributed by atoms with van der Waals surface area (Å²) >= 11 is 3.43. The number of halogens is 1. The van der Waals surface area contributed by atoms with Crippen LogP contribution in [0.1, 0.15) is 12.0 Å². The highest BCUT2D eigenvalue weighted by atomic mass is 79.9. The van der Waals surface area contributed by atoms with Gasteiger partial charge in [-0.15, -0.1) is 0 Å². The van der Waals surface area contributed by atoms with Crippen LogP contribution in [0.3, 0.4) is 0 Å². The second-order valence-electron chi connectivity index (χ2n) is 3.06. The van der Waals surface area contributed by atoms with Crippen LogP contribution in [0.4, 0.5) is 0 Å². The molecule has 68 valence electrons. The third-order valence-corrected chi connectivity index (χ3v) is 2.71. The monoisotopic (exact) mass is 238 g/mol. The molecule has 0 unspecified atom stereocenters. The standard InChI is InChI=1S/C11H11BrO/c12-11-3-1-9(2-4-11)10-5-7-13-8-6-10/h1-5H,6-8H2. The van der Waals surface area contributed by atoms with E-state index in [2.05, 4.69) is 46.3 Å². The molecule has 0 saturated carbocycles. The summed E-state index contributed by atoms with van der Waals surface area (Å²) in [7, 11) is 0. The van der Waals surface area contributed by atoms with E-state index in [0.717, 1.165) is 24.1 Å². The molecule has 2 heteroatoms. The molecule has 0 fully saturated rings. The van der Waals surface area contributed by atoms with Crippen molar-refractivity contribution in [2.75, 3.05) is 13.2 Å². The summed E-state index contributed by atoms with van der Waals surface area (Å²) < 4.78 is 6.39. The zero-order valence-corrected chi connectivity index (χ0v) is 8.88. The summed E-state index contributed by atoms with van der Waals surface area (Å²) in [6.45, 7) is 1.60. The minimum absolute atomic E-state index is 0.755. The molecule has 1 nitrogen and oxygen atoms in total. The lowest BCUT2D eigenvalue weighted by molar-refractivity contribution is 0.161. The highest BCUT2D eigenvalue weighted by Crippen LogP contribution is 2.22. The molecule has 0 aromatic heterocycles. The van der Waals surface area contributed by atoms with E-state index in [4.69, 9.17) is 4.74 Å². The Bertz CT molecular complexity index is 313. The smallest absolute Gasteiger partial charge is 0.0653 e. The molecule has 0 amide bonds. The first-order valence-electron chi connectivity index (χ1n) is 4.39. The van der Waals surface area contributed by atoms with Crippen LogP contribution in [0.5, 0.6) is 0 Å². The molecule has 1 heterocycles. The molecule has 0 N–H and O–H groups in total. The van der Waals surface area contributed by atoms with Crippen molar-refractivity contribution >= 4 is 21.5 Å². The van der Waals surface area contributed by atoms with E-state index in [9.17, 15) is 0 Å². The highest BCUT2D eigenvalue weighted by molar-refractivity contribution is 9.10. The third kappa shape index (κ3) is 2.20. The lowest BCUT2D eigenvalue weighted by Gasteiger charge is -2.13. The quantitative estimate of drug-likeness (QED) is 0.730. The van der Waals surface area contributed by atoms with Gasteiger partial charge in [-0.3, -0.25) is 0 Å². The Morgan fingerprint density at radius 1 is 1.15 bits per heavy atom. The normalized spacial score (nSPS) is 16.8. The van der Waals surface area contributed by atoms with Crippen molar-refractivity contribution < 1.29 is 4.74 Å². The number of rotatable bonds is 1. The summed E-state index contributed by atoms with van der Waals surface area (Å²) in [6.07, 6.45) is 3.19. The van der Waals surface area contributed by atoms with Crippen molar-refractivity contribution in [3.05, 3.63) is 40.4 Å². The predicted octanol–water partition coefficient (Wildman–Crippen LogP) is 3.25. The Morgan fingerprint density at radius 2 is 1.92 bits per heavy atom. The van der Waals surface area contributed by atoms with E-state index in [1.807, 2.05) is 0 Å². The first-order chi connectivity index (χ1) is 6.36. The second-order valence-corrected chi connectivity index (χ2v) is 3.98. The van der Waals surface area contributed by atoms with Gasteiger partial charge < -0.3 is 4.74 Å². The van der Waals surface area contributed by atoms with Crippen LogP contribution in [-0.2, 0) is 4.74 Å². The van der Waals surface area contributed by atoms with Gasteiger partial charge in [0, 0.05) is 4.47 Å².